The Morgan fingerprint density at radius 3 is 2.71 bits per heavy atom. The Balaban J connectivity index is 2.15. The van der Waals surface area contributed by atoms with Gasteiger partial charge in [0.1, 0.15) is 6.54 Å². The van der Waals surface area contributed by atoms with Crippen LogP contribution in [0.1, 0.15) is 6.42 Å². The van der Waals surface area contributed by atoms with Gasteiger partial charge in [-0.3, -0.25) is 0 Å². The maximum atomic E-state index is 11.7. The second-order valence-corrected chi connectivity index (χ2v) is 3.00. The summed E-state index contributed by atoms with van der Waals surface area (Å²) in [4.78, 5) is 10.9. The molecule has 0 aromatic heterocycles. The summed E-state index contributed by atoms with van der Waals surface area (Å²) >= 11 is 0. The van der Waals surface area contributed by atoms with Crippen molar-refractivity contribution in [1.29, 1.82) is 0 Å². The van der Waals surface area contributed by atoms with E-state index in [9.17, 15) is 18.0 Å². The Labute approximate surface area is 78.8 Å². The topological polar surface area (TPSA) is 50.4 Å². The predicted octanol–water partition coefficient (Wildman–Crippen LogP) is 0.637. The summed E-state index contributed by atoms with van der Waals surface area (Å²) in [5.41, 5.74) is 0. The average Bonchev–Trinajstić information content (AvgIpc) is 2.52. The molecule has 7 heteroatoms. The van der Waals surface area contributed by atoms with Crippen LogP contribution in [-0.2, 0) is 4.74 Å². The van der Waals surface area contributed by atoms with Crippen LogP contribution in [0.5, 0.6) is 0 Å². The summed E-state index contributed by atoms with van der Waals surface area (Å²) in [6.45, 7) is -0.421. The Hall–Kier alpha value is -0.980. The fourth-order valence-corrected chi connectivity index (χ4v) is 1.07. The van der Waals surface area contributed by atoms with E-state index in [0.717, 1.165) is 0 Å². The summed E-state index contributed by atoms with van der Waals surface area (Å²) in [6.07, 6.45) is -3.73. The first kappa shape index (κ1) is 11.1. The van der Waals surface area contributed by atoms with Gasteiger partial charge in [-0.2, -0.15) is 13.2 Å². The molecule has 0 aromatic rings. The summed E-state index contributed by atoms with van der Waals surface area (Å²) in [7, 11) is 0. The quantitative estimate of drug-likeness (QED) is 0.705. The van der Waals surface area contributed by atoms with Gasteiger partial charge in [-0.05, 0) is 6.42 Å². The van der Waals surface area contributed by atoms with Crippen LogP contribution in [0.3, 0.4) is 0 Å². The summed E-state index contributed by atoms with van der Waals surface area (Å²) in [5, 5.41) is 4.10. The highest BCUT2D eigenvalue weighted by Gasteiger charge is 2.28. The minimum atomic E-state index is -4.37. The van der Waals surface area contributed by atoms with Gasteiger partial charge in [0.25, 0.3) is 0 Å². The molecule has 0 spiro atoms. The zero-order valence-electron chi connectivity index (χ0n) is 7.36. The first-order chi connectivity index (χ1) is 6.47. The average molecular weight is 212 g/mol. The fraction of sp³-hybridized carbons (Fsp3) is 0.857. The largest absolute Gasteiger partial charge is 0.405 e. The molecule has 1 atom stereocenters. The van der Waals surface area contributed by atoms with E-state index in [1.54, 1.807) is 5.32 Å². The van der Waals surface area contributed by atoms with Gasteiger partial charge in [-0.25, -0.2) is 4.79 Å². The van der Waals surface area contributed by atoms with Gasteiger partial charge in [0.05, 0.1) is 12.6 Å². The Morgan fingerprint density at radius 1 is 1.50 bits per heavy atom. The molecule has 0 aromatic carbocycles. The Morgan fingerprint density at radius 2 is 2.21 bits per heavy atom. The first-order valence-corrected chi connectivity index (χ1v) is 4.16. The van der Waals surface area contributed by atoms with Crippen LogP contribution in [0.15, 0.2) is 0 Å². The van der Waals surface area contributed by atoms with Crippen LogP contribution in [0.4, 0.5) is 18.0 Å². The number of rotatable bonds is 2. The molecule has 1 aliphatic rings. The van der Waals surface area contributed by atoms with Crippen LogP contribution in [-0.4, -0.2) is 38.0 Å². The van der Waals surface area contributed by atoms with Gasteiger partial charge >= 0.3 is 12.2 Å². The number of hydrogen-bond acceptors (Lipinski definition) is 2. The van der Waals surface area contributed by atoms with E-state index in [1.807, 2.05) is 0 Å². The van der Waals surface area contributed by atoms with Crippen molar-refractivity contribution in [3.05, 3.63) is 0 Å². The van der Waals surface area contributed by atoms with E-state index in [2.05, 4.69) is 5.32 Å². The molecule has 1 fully saturated rings. The number of hydrogen-bond donors (Lipinski definition) is 2. The summed E-state index contributed by atoms with van der Waals surface area (Å²) in [6, 6.07) is -0.985. The Bertz CT molecular complexity index is 202. The van der Waals surface area contributed by atoms with E-state index in [0.29, 0.717) is 19.6 Å². The Kier molecular flexibility index (Phi) is 3.56. The van der Waals surface area contributed by atoms with Crippen molar-refractivity contribution in [1.82, 2.24) is 10.6 Å². The second kappa shape index (κ2) is 4.50. The molecule has 0 radical (unpaired) electrons. The van der Waals surface area contributed by atoms with Crippen LogP contribution < -0.4 is 10.6 Å². The molecule has 1 heterocycles. The standard InChI is InChI=1S/C7H11F3N2O2/c8-7(9,10)4-11-6(13)12-5-1-2-14-3-5/h5H,1-4H2,(H2,11,12,13). The van der Waals surface area contributed by atoms with Gasteiger partial charge in [-0.15, -0.1) is 0 Å². The van der Waals surface area contributed by atoms with Gasteiger partial charge in [-0.1, -0.05) is 0 Å². The maximum Gasteiger partial charge on any atom is 0.405 e. The highest BCUT2D eigenvalue weighted by molar-refractivity contribution is 5.74. The lowest BCUT2D eigenvalue weighted by Gasteiger charge is -2.12. The van der Waals surface area contributed by atoms with Crippen LogP contribution >= 0.6 is 0 Å². The number of alkyl halides is 3. The van der Waals surface area contributed by atoms with E-state index in [4.69, 9.17) is 4.74 Å². The van der Waals surface area contributed by atoms with Gasteiger partial charge in [0.15, 0.2) is 0 Å². The highest BCUT2D eigenvalue weighted by atomic mass is 19.4. The fourth-order valence-electron chi connectivity index (χ4n) is 1.07. The molecule has 0 bridgehead atoms. The number of nitrogens with one attached hydrogen (secondary N) is 2. The summed E-state index contributed by atoms with van der Waals surface area (Å²) in [5.74, 6) is 0. The molecule has 0 aliphatic carbocycles. The summed E-state index contributed by atoms with van der Waals surface area (Å²) < 4.78 is 39.9. The molecule has 4 nitrogen and oxygen atoms in total. The normalized spacial score (nSPS) is 22.1. The number of amides is 2. The SMILES string of the molecule is O=C(NCC(F)(F)F)NC1CCOC1. The lowest BCUT2D eigenvalue weighted by molar-refractivity contribution is -0.122. The lowest BCUT2D eigenvalue weighted by atomic mass is 10.3. The third-order valence-electron chi connectivity index (χ3n) is 1.71. The molecule has 1 unspecified atom stereocenters. The van der Waals surface area contributed by atoms with Gasteiger partial charge in [0, 0.05) is 6.61 Å². The third kappa shape index (κ3) is 4.31. The van der Waals surface area contributed by atoms with Crippen molar-refractivity contribution >= 4 is 6.03 Å². The monoisotopic (exact) mass is 212 g/mol. The van der Waals surface area contributed by atoms with Crippen LogP contribution in [0, 0.1) is 0 Å². The molecule has 2 N–H and O–H groups in total. The van der Waals surface area contributed by atoms with E-state index in [-0.39, 0.29) is 6.04 Å². The lowest BCUT2D eigenvalue weighted by Crippen LogP contribution is -2.45. The number of ether oxygens (including phenoxy) is 1. The number of carbonyl (C=O) groups excluding carboxylic acids is 1. The van der Waals surface area contributed by atoms with Crippen LogP contribution in [0.2, 0.25) is 0 Å². The molecule has 1 saturated heterocycles. The van der Waals surface area contributed by atoms with Gasteiger partial charge in [0.2, 0.25) is 0 Å². The molecule has 0 saturated carbocycles. The second-order valence-electron chi connectivity index (χ2n) is 3.00. The molecule has 82 valence electrons. The highest BCUT2D eigenvalue weighted by Crippen LogP contribution is 2.12. The van der Waals surface area contributed by atoms with E-state index in [1.165, 1.54) is 0 Å². The van der Waals surface area contributed by atoms with Crippen molar-refractivity contribution in [2.45, 2.75) is 18.6 Å². The predicted molar refractivity (Wildman–Crippen MR) is 41.8 cm³/mol. The molecular formula is C7H11F3N2O2. The molecule has 1 rings (SSSR count). The molecule has 2 amide bonds. The van der Waals surface area contributed by atoms with E-state index < -0.39 is 18.8 Å². The van der Waals surface area contributed by atoms with Crippen molar-refractivity contribution in [3.8, 4) is 0 Å². The van der Waals surface area contributed by atoms with Crippen molar-refractivity contribution in [3.63, 3.8) is 0 Å². The van der Waals surface area contributed by atoms with Crippen molar-refractivity contribution < 1.29 is 22.7 Å². The number of carbonyl (C=O) groups is 1. The smallest absolute Gasteiger partial charge is 0.379 e. The third-order valence-corrected chi connectivity index (χ3v) is 1.71. The minimum Gasteiger partial charge on any atom is -0.379 e. The number of halogens is 3. The molecular weight excluding hydrogens is 201 g/mol. The molecule has 14 heavy (non-hydrogen) atoms. The zero-order chi connectivity index (χ0) is 10.6. The van der Waals surface area contributed by atoms with E-state index >= 15 is 0 Å². The minimum absolute atomic E-state index is 0.178. The van der Waals surface area contributed by atoms with Crippen molar-refractivity contribution in [2.75, 3.05) is 19.8 Å². The van der Waals surface area contributed by atoms with Crippen molar-refractivity contribution in [2.24, 2.45) is 0 Å². The van der Waals surface area contributed by atoms with Crippen LogP contribution in [0.25, 0.3) is 0 Å². The first-order valence-electron chi connectivity index (χ1n) is 4.16. The van der Waals surface area contributed by atoms with Gasteiger partial charge < -0.3 is 15.4 Å². The maximum absolute atomic E-state index is 11.7. The number of urea groups is 1. The molecule has 1 aliphatic heterocycles. The zero-order valence-corrected chi connectivity index (χ0v) is 7.36.